The van der Waals surface area contributed by atoms with Crippen molar-refractivity contribution in [2.75, 3.05) is 37.7 Å². The van der Waals surface area contributed by atoms with Crippen molar-refractivity contribution in [3.63, 3.8) is 0 Å². The van der Waals surface area contributed by atoms with E-state index in [-0.39, 0.29) is 25.7 Å². The number of halogens is 3. The van der Waals surface area contributed by atoms with Crippen LogP contribution in [0.3, 0.4) is 0 Å². The van der Waals surface area contributed by atoms with Crippen LogP contribution in [0.4, 0.5) is 19.0 Å². The Balaban J connectivity index is 1.55. The van der Waals surface area contributed by atoms with E-state index in [0.29, 0.717) is 23.7 Å². The van der Waals surface area contributed by atoms with E-state index < -0.39 is 30.5 Å². The minimum atomic E-state index is -4.53. The van der Waals surface area contributed by atoms with Crippen molar-refractivity contribution >= 4 is 39.2 Å². The van der Waals surface area contributed by atoms with Gasteiger partial charge in [-0.3, -0.25) is 14.4 Å². The fraction of sp³-hybridized carbons (Fsp3) is 0.556. The van der Waals surface area contributed by atoms with Gasteiger partial charge in [-0.25, -0.2) is 5.48 Å². The van der Waals surface area contributed by atoms with Gasteiger partial charge in [-0.05, 0) is 12.5 Å². The summed E-state index contributed by atoms with van der Waals surface area (Å²) in [5.74, 6) is -0.791. The Morgan fingerprint density at radius 2 is 2.06 bits per heavy atom. The molecule has 13 heteroatoms. The number of aromatic nitrogens is 2. The second-order valence-corrected chi connectivity index (χ2v) is 8.27. The summed E-state index contributed by atoms with van der Waals surface area (Å²) in [6.07, 6.45) is -6.05. The zero-order valence-corrected chi connectivity index (χ0v) is 17.4. The van der Waals surface area contributed by atoms with Crippen molar-refractivity contribution in [1.82, 2.24) is 20.3 Å². The normalized spacial score (nSPS) is 19.7. The van der Waals surface area contributed by atoms with Gasteiger partial charge < -0.3 is 14.5 Å². The van der Waals surface area contributed by atoms with Gasteiger partial charge in [0.1, 0.15) is 23.7 Å². The van der Waals surface area contributed by atoms with E-state index in [9.17, 15) is 22.8 Å². The van der Waals surface area contributed by atoms with Gasteiger partial charge in [0, 0.05) is 31.1 Å². The highest BCUT2D eigenvalue weighted by Gasteiger charge is 2.35. The van der Waals surface area contributed by atoms with E-state index in [2.05, 4.69) is 15.4 Å². The maximum absolute atomic E-state index is 12.5. The summed E-state index contributed by atoms with van der Waals surface area (Å²) in [7, 11) is 0. The molecule has 31 heavy (non-hydrogen) atoms. The zero-order chi connectivity index (χ0) is 22.2. The minimum Gasteiger partial charge on any atom is -0.447 e. The molecule has 2 amide bonds. The lowest BCUT2D eigenvalue weighted by Crippen LogP contribution is -2.49. The van der Waals surface area contributed by atoms with Gasteiger partial charge in [0.25, 0.3) is 5.91 Å². The number of thiophene rings is 1. The van der Waals surface area contributed by atoms with Crippen molar-refractivity contribution < 1.29 is 32.3 Å². The Morgan fingerprint density at radius 1 is 1.32 bits per heavy atom. The Hall–Kier alpha value is -2.67. The first-order valence-corrected chi connectivity index (χ1v) is 10.5. The number of aryl methyl sites for hydroxylation is 1. The van der Waals surface area contributed by atoms with Crippen LogP contribution in [-0.2, 0) is 20.8 Å². The summed E-state index contributed by atoms with van der Waals surface area (Å²) in [5.41, 5.74) is 2.20. The molecule has 2 aromatic heterocycles. The molecule has 4 heterocycles. The van der Waals surface area contributed by atoms with E-state index in [1.54, 1.807) is 0 Å². The van der Waals surface area contributed by atoms with E-state index in [4.69, 9.17) is 9.57 Å². The molecule has 168 valence electrons. The second kappa shape index (κ2) is 8.46. The summed E-state index contributed by atoms with van der Waals surface area (Å²) in [6.45, 7) is 2.99. The number of rotatable bonds is 5. The number of nitrogens with one attached hydrogen (secondary N) is 1. The second-order valence-electron chi connectivity index (χ2n) is 7.16. The fourth-order valence-electron chi connectivity index (χ4n) is 3.40. The Labute approximate surface area is 179 Å². The number of nitrogens with zero attached hydrogens (tertiary/aromatic N) is 4. The van der Waals surface area contributed by atoms with Crippen LogP contribution < -0.4 is 15.1 Å². The number of hydrogen-bond acceptors (Lipinski definition) is 8. The Morgan fingerprint density at radius 3 is 2.68 bits per heavy atom. The summed E-state index contributed by atoms with van der Waals surface area (Å²) >= 11 is 1.48. The third-order valence-electron chi connectivity index (χ3n) is 4.98. The number of carbonyl (C=O) groups excluding carboxylic acids is 2. The number of anilines is 1. The lowest BCUT2D eigenvalue weighted by atomic mass is 10.2. The van der Waals surface area contributed by atoms with Crippen LogP contribution in [0.1, 0.15) is 18.2 Å². The van der Waals surface area contributed by atoms with Crippen LogP contribution >= 0.6 is 11.3 Å². The molecule has 2 fully saturated rings. The molecular weight excluding hydrogens is 439 g/mol. The molecule has 9 nitrogen and oxygen atoms in total. The van der Waals surface area contributed by atoms with Crippen LogP contribution in [0.5, 0.6) is 6.01 Å². The summed E-state index contributed by atoms with van der Waals surface area (Å²) in [4.78, 5) is 42.3. The van der Waals surface area contributed by atoms with Crippen LogP contribution in [0.25, 0.3) is 10.2 Å². The average molecular weight is 459 g/mol. The summed E-state index contributed by atoms with van der Waals surface area (Å²) < 4.78 is 43.2. The van der Waals surface area contributed by atoms with Crippen LogP contribution in [0.15, 0.2) is 6.07 Å². The van der Waals surface area contributed by atoms with Crippen molar-refractivity contribution in [3.05, 3.63) is 10.9 Å². The number of hydrogen-bond donors (Lipinski definition) is 1. The first-order valence-electron chi connectivity index (χ1n) is 9.71. The SMILES string of the molecule is CCc1cc2c(N3CCN(C(=O)CC(F)(F)F)CC3)nc(O[C@H]3CONC3=O)nc2s1. The number of alkyl halides is 3. The predicted octanol–water partition coefficient (Wildman–Crippen LogP) is 1.66. The Kier molecular flexibility index (Phi) is 5.88. The van der Waals surface area contributed by atoms with E-state index in [0.717, 1.165) is 16.7 Å². The van der Waals surface area contributed by atoms with Gasteiger partial charge in [-0.2, -0.15) is 23.1 Å². The fourth-order valence-corrected chi connectivity index (χ4v) is 4.35. The van der Waals surface area contributed by atoms with Gasteiger partial charge in [-0.1, -0.05) is 6.92 Å². The summed E-state index contributed by atoms with van der Waals surface area (Å²) in [5, 5.41) is 0.802. The predicted molar refractivity (Wildman–Crippen MR) is 105 cm³/mol. The minimum absolute atomic E-state index is 0.0215. The van der Waals surface area contributed by atoms with Crippen molar-refractivity contribution in [2.45, 2.75) is 32.0 Å². The van der Waals surface area contributed by atoms with E-state index >= 15 is 0 Å². The number of ether oxygens (including phenoxy) is 1. The molecule has 0 aliphatic carbocycles. The molecule has 2 saturated heterocycles. The molecule has 0 aromatic carbocycles. The number of piperazine rings is 1. The molecule has 0 bridgehead atoms. The molecule has 0 spiro atoms. The van der Waals surface area contributed by atoms with Crippen molar-refractivity contribution in [1.29, 1.82) is 0 Å². The van der Waals surface area contributed by atoms with Crippen LogP contribution in [-0.4, -0.2) is 71.7 Å². The first kappa shape index (κ1) is 21.6. The third-order valence-corrected chi connectivity index (χ3v) is 6.16. The molecule has 2 aliphatic heterocycles. The smallest absolute Gasteiger partial charge is 0.397 e. The highest BCUT2D eigenvalue weighted by molar-refractivity contribution is 7.18. The van der Waals surface area contributed by atoms with Crippen LogP contribution in [0, 0.1) is 0 Å². The number of amides is 2. The molecule has 0 unspecified atom stereocenters. The Bertz CT molecular complexity index is 990. The number of fused-ring (bicyclic) bond motifs is 1. The topological polar surface area (TPSA) is 96.9 Å². The van der Waals surface area contributed by atoms with Gasteiger partial charge in [0.05, 0.1) is 5.39 Å². The van der Waals surface area contributed by atoms with E-state index in [1.165, 1.54) is 16.2 Å². The maximum atomic E-state index is 12.5. The highest BCUT2D eigenvalue weighted by Crippen LogP contribution is 2.34. The standard InChI is InChI=1S/C18H20F3N5O4S/c1-2-10-7-11-14(26-5-3-25(4-6-26)13(27)8-18(19,20)21)22-17(23-16(11)31-10)30-12-9-29-24-15(12)28/h7,12H,2-6,8-9H2,1H3,(H,24,28)/t12-/m0/s1. The van der Waals surface area contributed by atoms with Gasteiger partial charge in [0.15, 0.2) is 0 Å². The zero-order valence-electron chi connectivity index (χ0n) is 16.6. The first-order chi connectivity index (χ1) is 14.7. The molecule has 2 aliphatic rings. The molecule has 0 radical (unpaired) electrons. The number of hydroxylamine groups is 1. The monoisotopic (exact) mass is 459 g/mol. The maximum Gasteiger partial charge on any atom is 0.397 e. The molecule has 2 aromatic rings. The number of carbonyl (C=O) groups is 2. The largest absolute Gasteiger partial charge is 0.447 e. The highest BCUT2D eigenvalue weighted by atomic mass is 32.1. The van der Waals surface area contributed by atoms with Gasteiger partial charge in [0.2, 0.25) is 12.0 Å². The third kappa shape index (κ3) is 4.82. The molecule has 1 N–H and O–H groups in total. The molecule has 0 saturated carbocycles. The van der Waals surface area contributed by atoms with Crippen LogP contribution in [0.2, 0.25) is 0 Å². The quantitative estimate of drug-likeness (QED) is 0.727. The lowest BCUT2D eigenvalue weighted by molar-refractivity contribution is -0.161. The lowest BCUT2D eigenvalue weighted by Gasteiger charge is -2.35. The molecule has 4 rings (SSSR count). The van der Waals surface area contributed by atoms with E-state index in [1.807, 2.05) is 17.9 Å². The molecule has 1 atom stereocenters. The summed E-state index contributed by atoms with van der Waals surface area (Å²) in [6, 6.07) is 2.00. The van der Waals surface area contributed by atoms with Crippen molar-refractivity contribution in [3.8, 4) is 6.01 Å². The molecular formula is C18H20F3N5O4S. The van der Waals surface area contributed by atoms with Crippen molar-refractivity contribution in [2.24, 2.45) is 0 Å². The van der Waals surface area contributed by atoms with Gasteiger partial charge >= 0.3 is 12.2 Å². The average Bonchev–Trinajstić information content (AvgIpc) is 3.32. The van der Waals surface area contributed by atoms with Gasteiger partial charge in [-0.15, -0.1) is 11.3 Å².